The zero-order chi connectivity index (χ0) is 26.0. The number of carbonyl (C=O) groups excluding carboxylic acids is 1. The molecule has 0 aromatic heterocycles. The molecule has 0 N–H and O–H groups in total. The van der Waals surface area contributed by atoms with E-state index in [0.717, 1.165) is 30.1 Å². The topological polar surface area (TPSA) is 17.1 Å². The van der Waals surface area contributed by atoms with Crippen LogP contribution in [0.5, 0.6) is 0 Å². The molecule has 1 aliphatic rings. The van der Waals surface area contributed by atoms with Crippen molar-refractivity contribution in [2.45, 2.75) is 152 Å². The Morgan fingerprint density at radius 2 is 1.40 bits per heavy atom. The van der Waals surface area contributed by atoms with Gasteiger partial charge < -0.3 is 0 Å². The Balaban J connectivity index is 1.78. The molecule has 0 fully saturated rings. The van der Waals surface area contributed by atoms with Gasteiger partial charge in [0.05, 0.1) is 0 Å². The van der Waals surface area contributed by atoms with Crippen molar-refractivity contribution >= 4 is 5.78 Å². The first-order valence-corrected chi connectivity index (χ1v) is 15.3. The highest BCUT2D eigenvalue weighted by Gasteiger charge is 2.25. The second kappa shape index (κ2) is 15.2. The molecule has 1 aromatic rings. The minimum absolute atomic E-state index is 0.404. The summed E-state index contributed by atoms with van der Waals surface area (Å²) in [6, 6.07) is 0. The highest BCUT2D eigenvalue weighted by Crippen LogP contribution is 2.37. The number of hydrogen-bond acceptors (Lipinski definition) is 1. The first-order chi connectivity index (χ1) is 16.6. The number of benzene rings is 1. The normalized spacial score (nSPS) is 17.5. The molecule has 0 saturated carbocycles. The first kappa shape index (κ1) is 30.1. The molecule has 0 aliphatic heterocycles. The third-order valence-corrected chi connectivity index (χ3v) is 9.12. The summed E-state index contributed by atoms with van der Waals surface area (Å²) in [5.74, 6) is 3.89. The van der Waals surface area contributed by atoms with Crippen LogP contribution in [0.3, 0.4) is 0 Å². The minimum Gasteiger partial charge on any atom is -0.299 e. The Kier molecular flexibility index (Phi) is 13.1. The van der Waals surface area contributed by atoms with Crippen LogP contribution in [0.1, 0.15) is 145 Å². The smallest absolute Gasteiger partial charge is 0.137 e. The lowest BCUT2D eigenvalue weighted by molar-refractivity contribution is -0.118. The summed E-state index contributed by atoms with van der Waals surface area (Å²) in [7, 11) is 0. The van der Waals surface area contributed by atoms with Crippen LogP contribution < -0.4 is 0 Å². The second-order valence-corrected chi connectivity index (χ2v) is 12.8. The summed E-state index contributed by atoms with van der Waals surface area (Å²) in [6.45, 7) is 18.6. The molecule has 0 amide bonds. The fourth-order valence-electron chi connectivity index (χ4n) is 6.53. The monoisotopic (exact) mass is 482 g/mol. The van der Waals surface area contributed by atoms with Gasteiger partial charge in [-0.3, -0.25) is 4.79 Å². The number of rotatable bonds is 16. The molecule has 0 bridgehead atoms. The van der Waals surface area contributed by atoms with E-state index in [1.807, 2.05) is 0 Å². The molecule has 0 heterocycles. The van der Waals surface area contributed by atoms with Crippen molar-refractivity contribution in [1.82, 2.24) is 0 Å². The summed E-state index contributed by atoms with van der Waals surface area (Å²) < 4.78 is 0. The molecular formula is C34H58O. The van der Waals surface area contributed by atoms with Crippen molar-refractivity contribution in [1.29, 1.82) is 0 Å². The summed E-state index contributed by atoms with van der Waals surface area (Å²) in [5.41, 5.74) is 8.84. The van der Waals surface area contributed by atoms with Crippen LogP contribution in [-0.4, -0.2) is 5.78 Å². The summed E-state index contributed by atoms with van der Waals surface area (Å²) in [5, 5.41) is 0. The molecule has 0 saturated heterocycles. The van der Waals surface area contributed by atoms with Gasteiger partial charge in [-0.2, -0.15) is 0 Å². The van der Waals surface area contributed by atoms with Crippen molar-refractivity contribution in [3.8, 4) is 0 Å². The summed E-state index contributed by atoms with van der Waals surface area (Å²) in [4.78, 5) is 12.4. The number of hydrogen-bond donors (Lipinski definition) is 0. The standard InChI is InChI=1S/C34H58O/c1-9-13-31(35)23-33-27(6)28(7)34-22-30(20-21-32(34)29(33)8)19-12-18-26(5)17-11-16-25(4)15-10-14-24(2)3/h24-26,30H,9-23H2,1-8H3. The second-order valence-electron chi connectivity index (χ2n) is 12.8. The van der Waals surface area contributed by atoms with E-state index in [0.29, 0.717) is 18.6 Å². The predicted octanol–water partition coefficient (Wildman–Crippen LogP) is 10.1. The van der Waals surface area contributed by atoms with Gasteiger partial charge in [0.25, 0.3) is 0 Å². The molecule has 1 nitrogen and oxygen atoms in total. The van der Waals surface area contributed by atoms with Crippen molar-refractivity contribution in [3.63, 3.8) is 0 Å². The van der Waals surface area contributed by atoms with Crippen molar-refractivity contribution in [3.05, 3.63) is 33.4 Å². The Labute approximate surface area is 219 Å². The van der Waals surface area contributed by atoms with Gasteiger partial charge in [0.1, 0.15) is 5.78 Å². The van der Waals surface area contributed by atoms with Gasteiger partial charge in [0.2, 0.25) is 0 Å². The van der Waals surface area contributed by atoms with Crippen molar-refractivity contribution < 1.29 is 4.79 Å². The van der Waals surface area contributed by atoms with E-state index in [2.05, 4.69) is 55.4 Å². The van der Waals surface area contributed by atoms with E-state index in [1.54, 1.807) is 11.1 Å². The van der Waals surface area contributed by atoms with Crippen LogP contribution in [-0.2, 0) is 24.1 Å². The molecule has 1 aromatic carbocycles. The average Bonchev–Trinajstić information content (AvgIpc) is 2.80. The summed E-state index contributed by atoms with van der Waals surface area (Å²) in [6.07, 6.45) is 18.8. The number of fused-ring (bicyclic) bond motifs is 1. The Bertz CT molecular complexity index is 787. The Hall–Kier alpha value is -1.11. The SMILES string of the molecule is CCCC(=O)Cc1c(C)c(C)c2c(c1C)CCC(CCCC(C)CCCC(C)CCCC(C)C)C2. The fourth-order valence-corrected chi connectivity index (χ4v) is 6.53. The quantitative estimate of drug-likeness (QED) is 0.229. The number of ketones is 1. The van der Waals surface area contributed by atoms with Crippen LogP contribution in [0.15, 0.2) is 0 Å². The zero-order valence-electron chi connectivity index (χ0n) is 24.8. The average molecular weight is 483 g/mol. The molecule has 0 spiro atoms. The lowest BCUT2D eigenvalue weighted by Crippen LogP contribution is -2.20. The predicted molar refractivity (Wildman–Crippen MR) is 155 cm³/mol. The van der Waals surface area contributed by atoms with Gasteiger partial charge in [0, 0.05) is 12.8 Å². The Morgan fingerprint density at radius 1 is 0.800 bits per heavy atom. The highest BCUT2D eigenvalue weighted by atomic mass is 16.1. The molecule has 1 aliphatic carbocycles. The molecular weight excluding hydrogens is 424 g/mol. The van der Waals surface area contributed by atoms with Crippen LogP contribution in [0.4, 0.5) is 0 Å². The third kappa shape index (κ3) is 9.70. The van der Waals surface area contributed by atoms with E-state index >= 15 is 0 Å². The molecule has 3 unspecified atom stereocenters. The van der Waals surface area contributed by atoms with Crippen LogP contribution >= 0.6 is 0 Å². The maximum absolute atomic E-state index is 12.4. The van der Waals surface area contributed by atoms with Gasteiger partial charge in [-0.05, 0) is 104 Å². The van der Waals surface area contributed by atoms with E-state index in [4.69, 9.17) is 0 Å². The van der Waals surface area contributed by atoms with E-state index in [9.17, 15) is 4.79 Å². The molecule has 200 valence electrons. The van der Waals surface area contributed by atoms with Gasteiger partial charge >= 0.3 is 0 Å². The van der Waals surface area contributed by atoms with E-state index in [1.165, 1.54) is 99.3 Å². The molecule has 3 atom stereocenters. The number of carbonyl (C=O) groups is 1. The lowest BCUT2D eigenvalue weighted by atomic mass is 9.75. The van der Waals surface area contributed by atoms with E-state index < -0.39 is 0 Å². The van der Waals surface area contributed by atoms with Gasteiger partial charge in [-0.1, -0.05) is 92.4 Å². The maximum Gasteiger partial charge on any atom is 0.137 e. The fraction of sp³-hybridized carbons (Fsp3) is 0.794. The molecule has 0 radical (unpaired) electrons. The maximum atomic E-state index is 12.4. The van der Waals surface area contributed by atoms with Crippen LogP contribution in [0, 0.1) is 44.4 Å². The van der Waals surface area contributed by atoms with Crippen molar-refractivity contribution in [2.75, 3.05) is 0 Å². The number of Topliss-reactive ketones (excluding diaryl/α,β-unsaturated/α-hetero) is 1. The van der Waals surface area contributed by atoms with Gasteiger partial charge in [-0.25, -0.2) is 0 Å². The first-order valence-electron chi connectivity index (χ1n) is 15.3. The highest BCUT2D eigenvalue weighted by molar-refractivity contribution is 5.82. The molecule has 1 heteroatoms. The molecule has 2 rings (SSSR count). The molecule has 35 heavy (non-hydrogen) atoms. The third-order valence-electron chi connectivity index (χ3n) is 9.12. The van der Waals surface area contributed by atoms with Gasteiger partial charge in [-0.15, -0.1) is 0 Å². The minimum atomic E-state index is 0.404. The van der Waals surface area contributed by atoms with Gasteiger partial charge in [0.15, 0.2) is 0 Å². The van der Waals surface area contributed by atoms with Crippen LogP contribution in [0.2, 0.25) is 0 Å². The lowest BCUT2D eigenvalue weighted by Gasteiger charge is -2.30. The van der Waals surface area contributed by atoms with E-state index in [-0.39, 0.29) is 0 Å². The van der Waals surface area contributed by atoms with Crippen LogP contribution in [0.25, 0.3) is 0 Å². The van der Waals surface area contributed by atoms with Crippen molar-refractivity contribution in [2.24, 2.45) is 23.7 Å². The summed E-state index contributed by atoms with van der Waals surface area (Å²) >= 11 is 0. The zero-order valence-corrected chi connectivity index (χ0v) is 24.8. The Morgan fingerprint density at radius 3 is 2.00 bits per heavy atom. The largest absolute Gasteiger partial charge is 0.299 e.